The summed E-state index contributed by atoms with van der Waals surface area (Å²) in [6.07, 6.45) is 1.13. The summed E-state index contributed by atoms with van der Waals surface area (Å²) in [5, 5.41) is 11.3. The van der Waals surface area contributed by atoms with Crippen molar-refractivity contribution in [3.8, 4) is 0 Å². The zero-order chi connectivity index (χ0) is 23.3. The van der Waals surface area contributed by atoms with Crippen molar-refractivity contribution in [1.82, 2.24) is 14.8 Å². The number of halogens is 2. The van der Waals surface area contributed by atoms with Crippen LogP contribution in [0.4, 0.5) is 15.8 Å². The van der Waals surface area contributed by atoms with Crippen molar-refractivity contribution in [2.75, 3.05) is 21.6 Å². The van der Waals surface area contributed by atoms with Gasteiger partial charge in [-0.05, 0) is 37.3 Å². The Balaban J connectivity index is 1.71. The normalized spacial score (nSPS) is 11.4. The van der Waals surface area contributed by atoms with E-state index in [0.29, 0.717) is 28.9 Å². The third-order valence-corrected chi connectivity index (χ3v) is 6.77. The number of thioether (sulfide) groups is 1. The van der Waals surface area contributed by atoms with E-state index in [2.05, 4.69) is 15.5 Å². The highest BCUT2D eigenvalue weighted by atomic mass is 35.5. The fourth-order valence-electron chi connectivity index (χ4n) is 2.88. The van der Waals surface area contributed by atoms with E-state index >= 15 is 0 Å². The topological polar surface area (TPSA) is 97.2 Å². The molecule has 0 aliphatic rings. The number of rotatable bonds is 9. The second-order valence-corrected chi connectivity index (χ2v) is 9.97. The molecule has 0 atom stereocenters. The Kier molecular flexibility index (Phi) is 7.75. The summed E-state index contributed by atoms with van der Waals surface area (Å²) in [7, 11) is -3.55. The first kappa shape index (κ1) is 24.0. The molecule has 1 aromatic heterocycles. The fraction of sp³-hybridized carbons (Fsp3) is 0.250. The van der Waals surface area contributed by atoms with Crippen LogP contribution in [0.15, 0.2) is 53.7 Å². The Bertz CT molecular complexity index is 1210. The van der Waals surface area contributed by atoms with Crippen molar-refractivity contribution in [2.24, 2.45) is 0 Å². The van der Waals surface area contributed by atoms with Gasteiger partial charge in [0.1, 0.15) is 5.82 Å². The van der Waals surface area contributed by atoms with E-state index in [1.165, 1.54) is 22.5 Å². The molecule has 32 heavy (non-hydrogen) atoms. The number of hydrogen-bond donors (Lipinski definition) is 1. The van der Waals surface area contributed by atoms with Gasteiger partial charge in [-0.25, -0.2) is 12.8 Å². The molecule has 0 aliphatic carbocycles. The third-order valence-electron chi connectivity index (χ3n) is 4.37. The number of sulfonamides is 1. The highest BCUT2D eigenvalue weighted by Crippen LogP contribution is 2.23. The molecule has 0 radical (unpaired) electrons. The average Bonchev–Trinajstić information content (AvgIpc) is 3.14. The van der Waals surface area contributed by atoms with Gasteiger partial charge >= 0.3 is 0 Å². The van der Waals surface area contributed by atoms with Gasteiger partial charge in [-0.15, -0.1) is 10.2 Å². The smallest absolute Gasteiger partial charge is 0.234 e. The molecule has 1 amide bonds. The average molecular weight is 498 g/mol. The Labute approximate surface area is 194 Å². The van der Waals surface area contributed by atoms with Gasteiger partial charge in [0.25, 0.3) is 0 Å². The number of aromatic nitrogens is 3. The van der Waals surface area contributed by atoms with E-state index in [1.54, 1.807) is 34.9 Å². The Morgan fingerprint density at radius 1 is 1.22 bits per heavy atom. The molecule has 0 unspecified atom stereocenters. The van der Waals surface area contributed by atoms with Crippen LogP contribution in [0.25, 0.3) is 0 Å². The van der Waals surface area contributed by atoms with Crippen LogP contribution < -0.4 is 9.62 Å². The Morgan fingerprint density at radius 2 is 1.94 bits per heavy atom. The van der Waals surface area contributed by atoms with E-state index in [4.69, 9.17) is 11.6 Å². The molecule has 0 saturated heterocycles. The summed E-state index contributed by atoms with van der Waals surface area (Å²) in [5.74, 6) is -0.412. The SMILES string of the molecule is CCn1c(CN(c2ccccc2)S(C)(=O)=O)nnc1SCC(=O)Nc1ccc(F)c(Cl)c1. The third kappa shape index (κ3) is 5.99. The molecule has 3 rings (SSSR count). The first-order chi connectivity index (χ1) is 15.2. The number of para-hydroxylation sites is 1. The molecule has 0 bridgehead atoms. The lowest BCUT2D eigenvalue weighted by Crippen LogP contribution is -2.30. The molecular formula is C20H21ClFN5O3S2. The maximum absolute atomic E-state index is 13.3. The number of carbonyl (C=O) groups is 1. The Hall–Kier alpha value is -2.63. The lowest BCUT2D eigenvalue weighted by molar-refractivity contribution is -0.113. The molecule has 0 fully saturated rings. The van der Waals surface area contributed by atoms with Gasteiger partial charge in [0.15, 0.2) is 11.0 Å². The number of anilines is 2. The standard InChI is InChI=1S/C20H21ClFN5O3S2/c1-3-26-18(12-27(32(2,29)30)15-7-5-4-6-8-15)24-25-20(26)31-13-19(28)23-14-9-10-17(22)16(21)11-14/h4-11H,3,12-13H2,1-2H3,(H,23,28). The van der Waals surface area contributed by atoms with Gasteiger partial charge in [0.2, 0.25) is 15.9 Å². The van der Waals surface area contributed by atoms with Gasteiger partial charge in [0.05, 0.1) is 29.3 Å². The first-order valence-corrected chi connectivity index (χ1v) is 12.7. The quantitative estimate of drug-likeness (QED) is 0.452. The van der Waals surface area contributed by atoms with E-state index in [-0.39, 0.29) is 23.2 Å². The predicted octanol–water partition coefficient (Wildman–Crippen LogP) is 3.79. The number of amides is 1. The summed E-state index contributed by atoms with van der Waals surface area (Å²) in [4.78, 5) is 12.3. The molecule has 0 aliphatic heterocycles. The minimum Gasteiger partial charge on any atom is -0.325 e. The van der Waals surface area contributed by atoms with E-state index < -0.39 is 15.8 Å². The monoisotopic (exact) mass is 497 g/mol. The van der Waals surface area contributed by atoms with Crippen LogP contribution in [-0.2, 0) is 27.9 Å². The number of hydrogen-bond acceptors (Lipinski definition) is 6. The summed E-state index contributed by atoms with van der Waals surface area (Å²) >= 11 is 6.89. The van der Waals surface area contributed by atoms with Crippen molar-refractivity contribution in [3.05, 3.63) is 65.2 Å². The van der Waals surface area contributed by atoms with Gasteiger partial charge in [-0.3, -0.25) is 9.10 Å². The van der Waals surface area contributed by atoms with Crippen molar-refractivity contribution in [3.63, 3.8) is 0 Å². The second kappa shape index (κ2) is 10.3. The van der Waals surface area contributed by atoms with Crippen LogP contribution >= 0.6 is 23.4 Å². The second-order valence-electron chi connectivity index (χ2n) is 6.71. The molecule has 12 heteroatoms. The molecule has 0 spiro atoms. The van der Waals surface area contributed by atoms with Crippen molar-refractivity contribution in [2.45, 2.75) is 25.2 Å². The minimum absolute atomic E-state index is 0.00449. The summed E-state index contributed by atoms with van der Waals surface area (Å²) < 4.78 is 41.0. The molecule has 3 aromatic rings. The van der Waals surface area contributed by atoms with Gasteiger partial charge < -0.3 is 9.88 Å². The largest absolute Gasteiger partial charge is 0.325 e. The minimum atomic E-state index is -3.55. The number of carbonyl (C=O) groups excluding carboxylic acids is 1. The highest BCUT2D eigenvalue weighted by molar-refractivity contribution is 7.99. The predicted molar refractivity (Wildman–Crippen MR) is 124 cm³/mol. The van der Waals surface area contributed by atoms with Crippen LogP contribution in [0.1, 0.15) is 12.7 Å². The molecule has 170 valence electrons. The van der Waals surface area contributed by atoms with Gasteiger partial charge in [-0.1, -0.05) is 41.6 Å². The van der Waals surface area contributed by atoms with Crippen LogP contribution in [0, 0.1) is 5.82 Å². The summed E-state index contributed by atoms with van der Waals surface area (Å²) in [6.45, 7) is 2.38. The zero-order valence-corrected chi connectivity index (χ0v) is 19.7. The van der Waals surface area contributed by atoms with Crippen molar-refractivity contribution in [1.29, 1.82) is 0 Å². The number of benzene rings is 2. The summed E-state index contributed by atoms with van der Waals surface area (Å²) in [6, 6.07) is 12.6. The van der Waals surface area contributed by atoms with Crippen LogP contribution in [0.3, 0.4) is 0 Å². The number of nitrogens with zero attached hydrogens (tertiary/aromatic N) is 4. The molecule has 1 N–H and O–H groups in total. The lowest BCUT2D eigenvalue weighted by Gasteiger charge is -2.22. The van der Waals surface area contributed by atoms with Crippen LogP contribution in [0.2, 0.25) is 5.02 Å². The van der Waals surface area contributed by atoms with Crippen LogP contribution in [0.5, 0.6) is 0 Å². The fourth-order valence-corrected chi connectivity index (χ4v) is 4.74. The first-order valence-electron chi connectivity index (χ1n) is 9.51. The zero-order valence-electron chi connectivity index (χ0n) is 17.3. The molecular weight excluding hydrogens is 477 g/mol. The van der Waals surface area contributed by atoms with Crippen molar-refractivity contribution < 1.29 is 17.6 Å². The van der Waals surface area contributed by atoms with Gasteiger partial charge in [-0.2, -0.15) is 0 Å². The van der Waals surface area contributed by atoms with E-state index in [1.807, 2.05) is 6.92 Å². The summed E-state index contributed by atoms with van der Waals surface area (Å²) in [5.41, 5.74) is 0.901. The highest BCUT2D eigenvalue weighted by Gasteiger charge is 2.22. The lowest BCUT2D eigenvalue weighted by atomic mass is 10.3. The number of nitrogens with one attached hydrogen (secondary N) is 1. The molecule has 1 heterocycles. The Morgan fingerprint density at radius 3 is 2.56 bits per heavy atom. The van der Waals surface area contributed by atoms with E-state index in [9.17, 15) is 17.6 Å². The van der Waals surface area contributed by atoms with Gasteiger partial charge in [0, 0.05) is 12.2 Å². The maximum Gasteiger partial charge on any atom is 0.234 e. The maximum atomic E-state index is 13.3. The molecule has 0 saturated carbocycles. The molecule has 2 aromatic carbocycles. The molecule has 8 nitrogen and oxygen atoms in total. The van der Waals surface area contributed by atoms with Crippen LogP contribution in [-0.4, -0.2) is 41.1 Å². The van der Waals surface area contributed by atoms with Crippen molar-refractivity contribution >= 4 is 50.7 Å². The van der Waals surface area contributed by atoms with E-state index in [0.717, 1.165) is 18.0 Å².